The minimum atomic E-state index is -0.750. The number of rotatable bonds is 10. The van der Waals surface area contributed by atoms with Gasteiger partial charge in [0.1, 0.15) is 0 Å². The van der Waals surface area contributed by atoms with Gasteiger partial charge in [0.25, 0.3) is 0 Å². The minimum absolute atomic E-state index is 0.0620. The smallest absolute Gasteiger partial charge is 0.303 e. The van der Waals surface area contributed by atoms with Gasteiger partial charge in [-0.15, -0.1) is 0 Å². The van der Waals surface area contributed by atoms with Crippen molar-refractivity contribution < 1.29 is 14.7 Å². The lowest BCUT2D eigenvalue weighted by atomic mass is 9.96. The summed E-state index contributed by atoms with van der Waals surface area (Å²) in [7, 11) is 0. The number of carboxylic acid groups (broad SMARTS) is 1. The standard InChI is InChI=1S/C17H25NO3/c1-2-14(9-11-17(20)21)12-13-18-16(19)10-8-15-6-4-3-5-7-15/h3-7,14H,2,8-13H2,1H3,(H,18,19)(H,20,21). The van der Waals surface area contributed by atoms with E-state index in [-0.39, 0.29) is 12.3 Å². The number of hydrogen-bond donors (Lipinski definition) is 2. The molecule has 1 aromatic carbocycles. The Morgan fingerprint density at radius 2 is 1.86 bits per heavy atom. The van der Waals surface area contributed by atoms with Crippen molar-refractivity contribution in [1.82, 2.24) is 5.32 Å². The summed E-state index contributed by atoms with van der Waals surface area (Å²) in [6, 6.07) is 9.95. The third-order valence-corrected chi connectivity index (χ3v) is 3.70. The first kappa shape index (κ1) is 17.2. The van der Waals surface area contributed by atoms with Crippen molar-refractivity contribution >= 4 is 11.9 Å². The molecule has 0 aliphatic rings. The van der Waals surface area contributed by atoms with Crippen LogP contribution in [0.4, 0.5) is 0 Å². The Hall–Kier alpha value is -1.84. The summed E-state index contributed by atoms with van der Waals surface area (Å²) in [5.74, 6) is -0.317. The third-order valence-electron chi connectivity index (χ3n) is 3.70. The van der Waals surface area contributed by atoms with Gasteiger partial charge in [0, 0.05) is 19.4 Å². The van der Waals surface area contributed by atoms with E-state index in [9.17, 15) is 9.59 Å². The first-order chi connectivity index (χ1) is 10.1. The highest BCUT2D eigenvalue weighted by Crippen LogP contribution is 2.14. The van der Waals surface area contributed by atoms with Crippen LogP contribution in [0.2, 0.25) is 0 Å². The largest absolute Gasteiger partial charge is 0.481 e. The lowest BCUT2D eigenvalue weighted by molar-refractivity contribution is -0.137. The second-order valence-electron chi connectivity index (χ2n) is 5.33. The van der Waals surface area contributed by atoms with Crippen LogP contribution in [0.3, 0.4) is 0 Å². The molecule has 0 heterocycles. The molecule has 4 heteroatoms. The highest BCUT2D eigenvalue weighted by molar-refractivity contribution is 5.76. The summed E-state index contributed by atoms with van der Waals surface area (Å²) in [6.45, 7) is 2.69. The third kappa shape index (κ3) is 8.12. The van der Waals surface area contributed by atoms with E-state index in [1.165, 1.54) is 5.56 Å². The molecule has 1 aromatic rings. The van der Waals surface area contributed by atoms with Gasteiger partial charge in [-0.1, -0.05) is 43.7 Å². The summed E-state index contributed by atoms with van der Waals surface area (Å²) in [6.07, 6.45) is 3.94. The summed E-state index contributed by atoms with van der Waals surface area (Å²) >= 11 is 0. The average molecular weight is 291 g/mol. The van der Waals surface area contributed by atoms with E-state index in [0.717, 1.165) is 19.3 Å². The summed E-state index contributed by atoms with van der Waals surface area (Å²) in [5, 5.41) is 11.6. The molecule has 1 atom stereocenters. The van der Waals surface area contributed by atoms with Crippen LogP contribution in [0.5, 0.6) is 0 Å². The summed E-state index contributed by atoms with van der Waals surface area (Å²) in [4.78, 5) is 22.3. The molecule has 0 bridgehead atoms. The molecular weight excluding hydrogens is 266 g/mol. The van der Waals surface area contributed by atoms with Crippen LogP contribution in [0, 0.1) is 5.92 Å². The van der Waals surface area contributed by atoms with Gasteiger partial charge in [0.2, 0.25) is 5.91 Å². The van der Waals surface area contributed by atoms with Crippen molar-refractivity contribution in [2.75, 3.05) is 6.54 Å². The maximum Gasteiger partial charge on any atom is 0.303 e. The molecule has 0 aliphatic carbocycles. The molecule has 4 nitrogen and oxygen atoms in total. The Kier molecular flexibility index (Phi) is 8.17. The fourth-order valence-corrected chi connectivity index (χ4v) is 2.29. The first-order valence-corrected chi connectivity index (χ1v) is 7.64. The van der Waals surface area contributed by atoms with Gasteiger partial charge in [-0.2, -0.15) is 0 Å². The monoisotopic (exact) mass is 291 g/mol. The topological polar surface area (TPSA) is 66.4 Å². The first-order valence-electron chi connectivity index (χ1n) is 7.64. The molecule has 0 aromatic heterocycles. The number of carbonyl (C=O) groups is 2. The second kappa shape index (κ2) is 9.97. The number of amides is 1. The number of benzene rings is 1. The maximum atomic E-state index is 11.7. The molecule has 1 unspecified atom stereocenters. The van der Waals surface area contributed by atoms with E-state index in [4.69, 9.17) is 5.11 Å². The zero-order valence-corrected chi connectivity index (χ0v) is 12.7. The fraction of sp³-hybridized carbons (Fsp3) is 0.529. The number of hydrogen-bond acceptors (Lipinski definition) is 2. The molecule has 0 aliphatic heterocycles. The number of carbonyl (C=O) groups excluding carboxylic acids is 1. The molecule has 1 amide bonds. The Balaban J connectivity index is 2.16. The molecule has 21 heavy (non-hydrogen) atoms. The van der Waals surface area contributed by atoms with Crippen LogP contribution in [-0.2, 0) is 16.0 Å². The van der Waals surface area contributed by atoms with Crippen LogP contribution in [-0.4, -0.2) is 23.5 Å². The second-order valence-corrected chi connectivity index (χ2v) is 5.33. The van der Waals surface area contributed by atoms with Gasteiger partial charge in [0.05, 0.1) is 0 Å². The van der Waals surface area contributed by atoms with Crippen molar-refractivity contribution in [3.63, 3.8) is 0 Å². The van der Waals surface area contributed by atoms with E-state index >= 15 is 0 Å². The Bertz CT molecular complexity index is 431. The molecular formula is C17H25NO3. The Morgan fingerprint density at radius 1 is 1.14 bits per heavy atom. The number of nitrogens with one attached hydrogen (secondary N) is 1. The van der Waals surface area contributed by atoms with Crippen molar-refractivity contribution in [2.45, 2.75) is 45.4 Å². The van der Waals surface area contributed by atoms with E-state index in [0.29, 0.717) is 25.3 Å². The zero-order chi connectivity index (χ0) is 15.5. The van der Waals surface area contributed by atoms with Gasteiger partial charge in [-0.05, 0) is 30.7 Å². The molecule has 0 saturated carbocycles. The average Bonchev–Trinajstić information content (AvgIpc) is 2.49. The maximum absolute atomic E-state index is 11.7. The number of aryl methyl sites for hydroxylation is 1. The minimum Gasteiger partial charge on any atom is -0.481 e. The van der Waals surface area contributed by atoms with Crippen molar-refractivity contribution in [3.8, 4) is 0 Å². The molecule has 116 valence electrons. The van der Waals surface area contributed by atoms with E-state index in [2.05, 4.69) is 12.2 Å². The molecule has 0 fully saturated rings. The van der Waals surface area contributed by atoms with Crippen LogP contribution >= 0.6 is 0 Å². The summed E-state index contributed by atoms with van der Waals surface area (Å²) < 4.78 is 0. The highest BCUT2D eigenvalue weighted by Gasteiger charge is 2.09. The molecule has 0 spiro atoms. The highest BCUT2D eigenvalue weighted by atomic mass is 16.4. The Labute approximate surface area is 126 Å². The van der Waals surface area contributed by atoms with Gasteiger partial charge in [-0.3, -0.25) is 9.59 Å². The molecule has 1 rings (SSSR count). The summed E-state index contributed by atoms with van der Waals surface area (Å²) in [5.41, 5.74) is 1.17. The van der Waals surface area contributed by atoms with Crippen molar-refractivity contribution in [2.24, 2.45) is 5.92 Å². The number of carboxylic acids is 1. The van der Waals surface area contributed by atoms with Crippen LogP contribution in [0.25, 0.3) is 0 Å². The van der Waals surface area contributed by atoms with E-state index in [1.807, 2.05) is 30.3 Å². The predicted octanol–water partition coefficient (Wildman–Crippen LogP) is 3.02. The molecule has 0 saturated heterocycles. The zero-order valence-electron chi connectivity index (χ0n) is 12.7. The van der Waals surface area contributed by atoms with Gasteiger partial charge in [-0.25, -0.2) is 0 Å². The van der Waals surface area contributed by atoms with Crippen LogP contribution in [0.15, 0.2) is 30.3 Å². The van der Waals surface area contributed by atoms with E-state index < -0.39 is 5.97 Å². The van der Waals surface area contributed by atoms with Gasteiger partial charge >= 0.3 is 5.97 Å². The number of aliphatic carboxylic acids is 1. The van der Waals surface area contributed by atoms with Crippen LogP contribution in [0.1, 0.15) is 44.6 Å². The predicted molar refractivity (Wildman–Crippen MR) is 83.0 cm³/mol. The SMILES string of the molecule is CCC(CCNC(=O)CCc1ccccc1)CCC(=O)O. The molecule has 2 N–H and O–H groups in total. The van der Waals surface area contributed by atoms with E-state index in [1.54, 1.807) is 0 Å². The van der Waals surface area contributed by atoms with Gasteiger partial charge < -0.3 is 10.4 Å². The lowest BCUT2D eigenvalue weighted by Gasteiger charge is -2.14. The lowest BCUT2D eigenvalue weighted by Crippen LogP contribution is -2.26. The quantitative estimate of drug-likeness (QED) is 0.696. The Morgan fingerprint density at radius 3 is 2.48 bits per heavy atom. The molecule has 0 radical (unpaired) electrons. The normalized spacial score (nSPS) is 11.9. The van der Waals surface area contributed by atoms with Crippen molar-refractivity contribution in [1.29, 1.82) is 0 Å². The van der Waals surface area contributed by atoms with Gasteiger partial charge in [0.15, 0.2) is 0 Å². The fourth-order valence-electron chi connectivity index (χ4n) is 2.29. The van der Waals surface area contributed by atoms with Crippen LogP contribution < -0.4 is 5.32 Å². The van der Waals surface area contributed by atoms with Crippen molar-refractivity contribution in [3.05, 3.63) is 35.9 Å².